The Morgan fingerprint density at radius 1 is 0.889 bits per heavy atom. The number of hydrogen-bond donors (Lipinski definition) is 0. The maximum absolute atomic E-state index is 4.12. The van der Waals surface area contributed by atoms with Gasteiger partial charge in [-0.05, 0) is 44.0 Å². The molecule has 2 rings (SSSR count). The topological polar surface area (TPSA) is 3.24 Å². The number of hydrogen-bond acceptors (Lipinski definition) is 1. The Labute approximate surface area is 109 Å². The van der Waals surface area contributed by atoms with E-state index >= 15 is 0 Å². The van der Waals surface area contributed by atoms with Crippen LogP contribution in [0.15, 0.2) is 60.8 Å². The lowest BCUT2D eigenvalue weighted by molar-refractivity contribution is 1.13. The molecule has 2 aromatic rings. The van der Waals surface area contributed by atoms with Gasteiger partial charge in [-0.1, -0.05) is 43.0 Å². The molecule has 0 spiro atoms. The minimum Gasteiger partial charge on any atom is -0.315 e. The number of benzene rings is 2. The van der Waals surface area contributed by atoms with Gasteiger partial charge in [0, 0.05) is 11.4 Å². The molecule has 2 aromatic carbocycles. The van der Waals surface area contributed by atoms with Gasteiger partial charge in [-0.25, -0.2) is 0 Å². The highest BCUT2D eigenvalue weighted by atomic mass is 15.1. The molecule has 0 aromatic heterocycles. The molecule has 0 aliphatic heterocycles. The Morgan fingerprint density at radius 3 is 1.94 bits per heavy atom. The minimum absolute atomic E-state index is 1.03. The number of rotatable bonds is 3. The van der Waals surface area contributed by atoms with Gasteiger partial charge >= 0.3 is 0 Å². The van der Waals surface area contributed by atoms with Gasteiger partial charge in [0.2, 0.25) is 0 Å². The molecular weight excluding hydrogens is 218 g/mol. The summed E-state index contributed by atoms with van der Waals surface area (Å²) in [5, 5.41) is 0. The molecule has 0 unspecified atom stereocenters. The van der Waals surface area contributed by atoms with Crippen LogP contribution in [0.1, 0.15) is 18.1 Å². The van der Waals surface area contributed by atoms with E-state index in [1.807, 2.05) is 13.0 Å². The quantitative estimate of drug-likeness (QED) is 0.728. The molecule has 0 saturated heterocycles. The predicted molar refractivity (Wildman–Crippen MR) is 79.3 cm³/mol. The monoisotopic (exact) mass is 237 g/mol. The predicted octanol–water partition coefficient (Wildman–Crippen LogP) is 4.98. The van der Waals surface area contributed by atoms with Crippen LogP contribution in [-0.4, -0.2) is 0 Å². The van der Waals surface area contributed by atoms with E-state index in [1.165, 1.54) is 16.8 Å². The second-order valence-electron chi connectivity index (χ2n) is 4.65. The van der Waals surface area contributed by atoms with E-state index in [0.29, 0.717) is 0 Å². The van der Waals surface area contributed by atoms with Gasteiger partial charge in [-0.3, -0.25) is 0 Å². The summed E-state index contributed by atoms with van der Waals surface area (Å²) in [6.07, 6.45) is 0. The normalized spacial score (nSPS) is 10.2. The van der Waals surface area contributed by atoms with Gasteiger partial charge in [0.05, 0.1) is 5.69 Å². The molecule has 92 valence electrons. The summed E-state index contributed by atoms with van der Waals surface area (Å²) >= 11 is 0. The largest absolute Gasteiger partial charge is 0.315 e. The summed E-state index contributed by atoms with van der Waals surface area (Å²) in [5.41, 5.74) is 5.95. The zero-order valence-electron chi connectivity index (χ0n) is 11.3. The Balaban J connectivity index is 2.60. The molecule has 0 fully saturated rings. The first-order valence-corrected chi connectivity index (χ1v) is 6.18. The van der Waals surface area contributed by atoms with Crippen molar-refractivity contribution >= 4 is 11.4 Å². The van der Waals surface area contributed by atoms with Crippen LogP contribution in [0.3, 0.4) is 0 Å². The number of aryl methyl sites for hydroxylation is 2. The van der Waals surface area contributed by atoms with Crippen LogP contribution < -0.4 is 4.90 Å². The smallest absolute Gasteiger partial charge is 0.0516 e. The van der Waals surface area contributed by atoms with Crippen LogP contribution in [0.25, 0.3) is 0 Å². The van der Waals surface area contributed by atoms with Crippen LogP contribution in [0.5, 0.6) is 0 Å². The molecule has 0 aliphatic carbocycles. The van der Waals surface area contributed by atoms with Crippen LogP contribution in [-0.2, 0) is 0 Å². The lowest BCUT2D eigenvalue weighted by Gasteiger charge is -2.28. The van der Waals surface area contributed by atoms with Crippen LogP contribution in [0, 0.1) is 13.8 Å². The molecule has 1 heteroatoms. The van der Waals surface area contributed by atoms with E-state index < -0.39 is 0 Å². The molecule has 1 nitrogen and oxygen atoms in total. The zero-order valence-corrected chi connectivity index (χ0v) is 11.3. The van der Waals surface area contributed by atoms with Crippen molar-refractivity contribution in [1.29, 1.82) is 0 Å². The van der Waals surface area contributed by atoms with Crippen molar-refractivity contribution in [2.45, 2.75) is 20.8 Å². The number of anilines is 2. The molecule has 0 heterocycles. The van der Waals surface area contributed by atoms with E-state index in [4.69, 9.17) is 0 Å². The van der Waals surface area contributed by atoms with E-state index in [0.717, 1.165) is 11.4 Å². The van der Waals surface area contributed by atoms with Crippen molar-refractivity contribution in [3.63, 3.8) is 0 Å². The molecule has 0 atom stereocenters. The Hall–Kier alpha value is -2.02. The molecule has 18 heavy (non-hydrogen) atoms. The van der Waals surface area contributed by atoms with Gasteiger partial charge in [0.15, 0.2) is 0 Å². The fourth-order valence-electron chi connectivity index (χ4n) is 2.28. The van der Waals surface area contributed by atoms with E-state index in [2.05, 4.69) is 67.8 Å². The van der Waals surface area contributed by atoms with Gasteiger partial charge in [-0.15, -0.1) is 0 Å². The Morgan fingerprint density at radius 2 is 1.44 bits per heavy atom. The maximum Gasteiger partial charge on any atom is 0.0516 e. The maximum atomic E-state index is 4.12. The highest BCUT2D eigenvalue weighted by molar-refractivity contribution is 5.73. The van der Waals surface area contributed by atoms with E-state index in [-0.39, 0.29) is 0 Å². The van der Waals surface area contributed by atoms with Crippen LogP contribution in [0.2, 0.25) is 0 Å². The highest BCUT2D eigenvalue weighted by Gasteiger charge is 2.14. The second kappa shape index (κ2) is 5.09. The van der Waals surface area contributed by atoms with Crippen molar-refractivity contribution in [2.24, 2.45) is 0 Å². The third kappa shape index (κ3) is 2.30. The molecule has 0 aliphatic rings. The third-order valence-corrected chi connectivity index (χ3v) is 3.06. The van der Waals surface area contributed by atoms with Crippen molar-refractivity contribution < 1.29 is 0 Å². The summed E-state index contributed by atoms with van der Waals surface area (Å²) in [6.45, 7) is 10.4. The fraction of sp³-hybridized carbons (Fsp3) is 0.176. The van der Waals surface area contributed by atoms with Crippen LogP contribution >= 0.6 is 0 Å². The van der Waals surface area contributed by atoms with Crippen molar-refractivity contribution in [1.82, 2.24) is 0 Å². The van der Waals surface area contributed by atoms with E-state index in [1.54, 1.807) is 0 Å². The first-order chi connectivity index (χ1) is 8.61. The summed E-state index contributed by atoms with van der Waals surface area (Å²) in [4.78, 5) is 2.21. The average molecular weight is 237 g/mol. The Bertz CT molecular complexity index is 535. The second-order valence-corrected chi connectivity index (χ2v) is 4.65. The fourth-order valence-corrected chi connectivity index (χ4v) is 2.28. The first-order valence-electron chi connectivity index (χ1n) is 6.18. The zero-order chi connectivity index (χ0) is 13.1. The highest BCUT2D eigenvalue weighted by Crippen LogP contribution is 2.33. The number of allylic oxidation sites excluding steroid dienone is 1. The van der Waals surface area contributed by atoms with Crippen molar-refractivity contribution in [2.75, 3.05) is 4.90 Å². The van der Waals surface area contributed by atoms with Gasteiger partial charge in [0.1, 0.15) is 0 Å². The molecule has 0 amide bonds. The van der Waals surface area contributed by atoms with Crippen molar-refractivity contribution in [3.05, 3.63) is 71.9 Å². The number of nitrogens with zero attached hydrogens (tertiary/aromatic N) is 1. The van der Waals surface area contributed by atoms with E-state index in [9.17, 15) is 0 Å². The molecule has 0 bridgehead atoms. The first kappa shape index (κ1) is 12.4. The standard InChI is InChI=1S/C17H19N/c1-13(2)18(16-11-6-5-7-12-16)17-14(3)9-8-10-15(17)4/h5-12H,1H2,2-4H3. The van der Waals surface area contributed by atoms with Gasteiger partial charge in [0.25, 0.3) is 0 Å². The minimum atomic E-state index is 1.03. The third-order valence-electron chi connectivity index (χ3n) is 3.06. The number of para-hydroxylation sites is 2. The van der Waals surface area contributed by atoms with Gasteiger partial charge in [-0.2, -0.15) is 0 Å². The SMILES string of the molecule is C=C(C)N(c1ccccc1)c1c(C)cccc1C. The van der Waals surface area contributed by atoms with Gasteiger partial charge < -0.3 is 4.90 Å². The summed E-state index contributed by atoms with van der Waals surface area (Å²) < 4.78 is 0. The van der Waals surface area contributed by atoms with Crippen molar-refractivity contribution in [3.8, 4) is 0 Å². The van der Waals surface area contributed by atoms with Crippen LogP contribution in [0.4, 0.5) is 11.4 Å². The Kier molecular flexibility index (Phi) is 3.52. The molecule has 0 radical (unpaired) electrons. The lowest BCUT2D eigenvalue weighted by Crippen LogP contribution is -2.15. The average Bonchev–Trinajstić information content (AvgIpc) is 2.34. The lowest BCUT2D eigenvalue weighted by atomic mass is 10.1. The summed E-state index contributed by atoms with van der Waals surface area (Å²) in [5.74, 6) is 0. The molecule has 0 saturated carbocycles. The summed E-state index contributed by atoms with van der Waals surface area (Å²) in [7, 11) is 0. The molecular formula is C17H19N. The summed E-state index contributed by atoms with van der Waals surface area (Å²) in [6, 6.07) is 16.7. The molecule has 0 N–H and O–H groups in total.